The molecule has 4 rings (SSSR count). The van der Waals surface area contributed by atoms with Crippen molar-refractivity contribution in [1.82, 2.24) is 0 Å². The van der Waals surface area contributed by atoms with Crippen molar-refractivity contribution in [3.63, 3.8) is 0 Å². The molecule has 1 saturated heterocycles. The Hall–Kier alpha value is -2.77. The molecular weight excluding hydrogens is 358 g/mol. The van der Waals surface area contributed by atoms with E-state index in [1.165, 1.54) is 9.80 Å². The average molecular weight is 385 g/mol. The molecule has 3 N–H and O–H groups in total. The summed E-state index contributed by atoms with van der Waals surface area (Å²) in [7, 11) is 0. The number of carbonyl (C=O) groups is 1. The molecule has 7 nitrogen and oxygen atoms in total. The van der Waals surface area contributed by atoms with E-state index in [9.17, 15) is 4.79 Å². The molecule has 148 valence electrons. The minimum absolute atomic E-state index is 0.0322. The lowest BCUT2D eigenvalue weighted by Gasteiger charge is -2.29. The Kier molecular flexibility index (Phi) is 5.94. The first-order chi connectivity index (χ1) is 13.8. The molecule has 0 saturated carbocycles. The standard InChI is InChI=1S/C21H25N3O4/c25-21(22-17-6-7-19-20(14-17)28-16-27-19)15-24-10-8-23(9-11-24)12-13-26-18-4-2-1-3-5-18/h1-7,14H,8-13,15-16H2,(H,22,25)/p+2. The van der Waals surface area contributed by atoms with Crippen LogP contribution in [0.1, 0.15) is 0 Å². The second-order valence-electron chi connectivity index (χ2n) is 7.20. The number of hydrogen-bond acceptors (Lipinski definition) is 4. The predicted molar refractivity (Wildman–Crippen MR) is 104 cm³/mol. The van der Waals surface area contributed by atoms with Crippen molar-refractivity contribution in [1.29, 1.82) is 0 Å². The Balaban J connectivity index is 1.15. The van der Waals surface area contributed by atoms with E-state index < -0.39 is 0 Å². The second-order valence-corrected chi connectivity index (χ2v) is 7.20. The highest BCUT2D eigenvalue weighted by Gasteiger charge is 2.25. The summed E-state index contributed by atoms with van der Waals surface area (Å²) in [6.07, 6.45) is 0. The molecule has 1 amide bonds. The molecule has 0 aromatic heterocycles. The van der Waals surface area contributed by atoms with Crippen LogP contribution in [0.5, 0.6) is 17.2 Å². The van der Waals surface area contributed by atoms with E-state index in [0.29, 0.717) is 12.3 Å². The van der Waals surface area contributed by atoms with Gasteiger partial charge in [0.1, 0.15) is 45.1 Å². The van der Waals surface area contributed by atoms with Crippen LogP contribution < -0.4 is 29.3 Å². The van der Waals surface area contributed by atoms with Crippen LogP contribution in [0.25, 0.3) is 0 Å². The first-order valence-electron chi connectivity index (χ1n) is 9.81. The summed E-state index contributed by atoms with van der Waals surface area (Å²) >= 11 is 0. The average Bonchev–Trinajstić information content (AvgIpc) is 3.18. The first kappa shape index (κ1) is 18.6. The Morgan fingerprint density at radius 2 is 1.71 bits per heavy atom. The van der Waals surface area contributed by atoms with Gasteiger partial charge in [0, 0.05) is 11.8 Å². The highest BCUT2D eigenvalue weighted by atomic mass is 16.7. The van der Waals surface area contributed by atoms with E-state index in [1.54, 1.807) is 0 Å². The van der Waals surface area contributed by atoms with Gasteiger partial charge < -0.3 is 29.3 Å². The zero-order valence-corrected chi connectivity index (χ0v) is 15.9. The summed E-state index contributed by atoms with van der Waals surface area (Å²) in [6.45, 7) is 6.55. The van der Waals surface area contributed by atoms with Gasteiger partial charge in [-0.3, -0.25) is 4.79 Å². The van der Waals surface area contributed by atoms with E-state index in [2.05, 4.69) is 5.32 Å². The molecule has 0 radical (unpaired) electrons. The maximum atomic E-state index is 12.4. The normalized spacial score (nSPS) is 20.6. The summed E-state index contributed by atoms with van der Waals surface area (Å²) in [5.41, 5.74) is 0.746. The second kappa shape index (κ2) is 8.95. The van der Waals surface area contributed by atoms with Gasteiger partial charge in [-0.25, -0.2) is 0 Å². The maximum absolute atomic E-state index is 12.4. The van der Waals surface area contributed by atoms with Gasteiger partial charge in [0.2, 0.25) is 6.79 Å². The number of fused-ring (bicyclic) bond motifs is 1. The lowest BCUT2D eigenvalue weighted by atomic mass is 10.2. The third kappa shape index (κ3) is 4.94. The van der Waals surface area contributed by atoms with Gasteiger partial charge >= 0.3 is 0 Å². The molecule has 1 fully saturated rings. The van der Waals surface area contributed by atoms with E-state index >= 15 is 0 Å². The van der Waals surface area contributed by atoms with Crippen LogP contribution in [-0.4, -0.2) is 58.6 Å². The van der Waals surface area contributed by atoms with Gasteiger partial charge in [-0.1, -0.05) is 18.2 Å². The molecule has 0 spiro atoms. The number of rotatable bonds is 7. The Morgan fingerprint density at radius 1 is 0.964 bits per heavy atom. The van der Waals surface area contributed by atoms with Gasteiger partial charge in [-0.05, 0) is 24.3 Å². The summed E-state index contributed by atoms with van der Waals surface area (Å²) in [5, 5.41) is 2.96. The molecule has 2 aliphatic rings. The van der Waals surface area contributed by atoms with Gasteiger partial charge in [0.25, 0.3) is 5.91 Å². The lowest BCUT2D eigenvalue weighted by molar-refractivity contribution is -1.01. The fourth-order valence-electron chi connectivity index (χ4n) is 3.62. The maximum Gasteiger partial charge on any atom is 0.279 e. The van der Waals surface area contributed by atoms with Gasteiger partial charge in [-0.2, -0.15) is 0 Å². The zero-order valence-electron chi connectivity index (χ0n) is 15.9. The van der Waals surface area contributed by atoms with Crippen LogP contribution in [0.2, 0.25) is 0 Å². The monoisotopic (exact) mass is 385 g/mol. The fourth-order valence-corrected chi connectivity index (χ4v) is 3.62. The molecule has 2 aromatic rings. The summed E-state index contributed by atoms with van der Waals surface area (Å²) < 4.78 is 16.4. The molecule has 2 heterocycles. The number of para-hydroxylation sites is 1. The molecular formula is C21H27N3O4+2. The van der Waals surface area contributed by atoms with Crippen LogP contribution in [0.4, 0.5) is 5.69 Å². The molecule has 0 aliphatic carbocycles. The number of hydrogen-bond donors (Lipinski definition) is 3. The van der Waals surface area contributed by atoms with E-state index in [4.69, 9.17) is 14.2 Å². The van der Waals surface area contributed by atoms with Crippen LogP contribution in [0.15, 0.2) is 48.5 Å². The largest absolute Gasteiger partial charge is 0.488 e. The van der Waals surface area contributed by atoms with Crippen molar-refractivity contribution in [2.75, 3.05) is 58.0 Å². The number of carbonyl (C=O) groups excluding carboxylic acids is 1. The number of nitrogens with one attached hydrogen (secondary N) is 3. The Labute approximate surface area is 164 Å². The molecule has 7 heteroatoms. The third-order valence-electron chi connectivity index (χ3n) is 5.20. The lowest BCUT2D eigenvalue weighted by Crippen LogP contribution is -3.28. The van der Waals surface area contributed by atoms with Crippen molar-refractivity contribution in [3.05, 3.63) is 48.5 Å². The van der Waals surface area contributed by atoms with Crippen molar-refractivity contribution >= 4 is 11.6 Å². The molecule has 2 aromatic carbocycles. The van der Waals surface area contributed by atoms with Crippen molar-refractivity contribution < 1.29 is 28.8 Å². The zero-order chi connectivity index (χ0) is 19.2. The molecule has 0 bridgehead atoms. The predicted octanol–water partition coefficient (Wildman–Crippen LogP) is -0.784. The highest BCUT2D eigenvalue weighted by molar-refractivity contribution is 5.91. The quantitative estimate of drug-likeness (QED) is 0.585. The van der Waals surface area contributed by atoms with Crippen molar-refractivity contribution in [3.8, 4) is 17.2 Å². The first-order valence-corrected chi connectivity index (χ1v) is 9.81. The number of amides is 1. The SMILES string of the molecule is O=C(C[NH+]1CC[NH+](CCOc2ccccc2)CC1)Nc1ccc2c(c1)OCO2. The van der Waals surface area contributed by atoms with E-state index in [1.807, 2.05) is 48.5 Å². The molecule has 0 atom stereocenters. The number of benzene rings is 2. The smallest absolute Gasteiger partial charge is 0.279 e. The number of quaternary nitrogens is 2. The number of anilines is 1. The molecule has 2 aliphatic heterocycles. The molecule has 0 unspecified atom stereocenters. The Bertz CT molecular complexity index is 791. The van der Waals surface area contributed by atoms with Crippen molar-refractivity contribution in [2.45, 2.75) is 0 Å². The van der Waals surface area contributed by atoms with Crippen molar-refractivity contribution in [2.24, 2.45) is 0 Å². The minimum Gasteiger partial charge on any atom is -0.488 e. The minimum atomic E-state index is 0.0322. The third-order valence-corrected chi connectivity index (χ3v) is 5.20. The number of ether oxygens (including phenoxy) is 3. The summed E-state index contributed by atoms with van der Waals surface area (Å²) in [6, 6.07) is 15.4. The van der Waals surface area contributed by atoms with E-state index in [-0.39, 0.29) is 12.7 Å². The van der Waals surface area contributed by atoms with Gasteiger partial charge in [-0.15, -0.1) is 0 Å². The fraction of sp³-hybridized carbons (Fsp3) is 0.381. The van der Waals surface area contributed by atoms with Crippen LogP contribution in [-0.2, 0) is 4.79 Å². The van der Waals surface area contributed by atoms with Crippen LogP contribution in [0, 0.1) is 0 Å². The van der Waals surface area contributed by atoms with E-state index in [0.717, 1.165) is 56.5 Å². The summed E-state index contributed by atoms with van der Waals surface area (Å²) in [4.78, 5) is 15.2. The highest BCUT2D eigenvalue weighted by Crippen LogP contribution is 2.34. The molecule has 28 heavy (non-hydrogen) atoms. The van der Waals surface area contributed by atoms with Gasteiger partial charge in [0.05, 0.1) is 0 Å². The topological polar surface area (TPSA) is 65.7 Å². The van der Waals surface area contributed by atoms with Crippen LogP contribution >= 0.6 is 0 Å². The summed E-state index contributed by atoms with van der Waals surface area (Å²) in [5.74, 6) is 2.36. The van der Waals surface area contributed by atoms with Crippen LogP contribution in [0.3, 0.4) is 0 Å². The Morgan fingerprint density at radius 3 is 2.54 bits per heavy atom. The van der Waals surface area contributed by atoms with Gasteiger partial charge in [0.15, 0.2) is 18.0 Å². The number of piperazine rings is 1.